The molecule has 2 aliphatic rings. The van der Waals surface area contributed by atoms with Crippen LogP contribution in [0.3, 0.4) is 0 Å². The number of nitrogens with one attached hydrogen (secondary N) is 1. The highest BCUT2D eigenvalue weighted by atomic mass is 32.1. The number of amides is 1. The normalized spacial score (nSPS) is 21.4. The van der Waals surface area contributed by atoms with Gasteiger partial charge in [0.05, 0.1) is 22.7 Å². The van der Waals surface area contributed by atoms with Gasteiger partial charge >= 0.3 is 0 Å². The molecule has 0 radical (unpaired) electrons. The second-order valence-corrected chi connectivity index (χ2v) is 9.78. The number of carbonyl (C=O) groups excluding carboxylic acids is 1. The lowest BCUT2D eigenvalue weighted by atomic mass is 9.78. The maximum Gasteiger partial charge on any atom is 0.231 e. The van der Waals surface area contributed by atoms with Crippen LogP contribution in [0, 0.1) is 5.41 Å². The van der Waals surface area contributed by atoms with E-state index < -0.39 is 0 Å². The van der Waals surface area contributed by atoms with Crippen LogP contribution in [-0.4, -0.2) is 73.7 Å². The molecule has 1 aromatic heterocycles. The summed E-state index contributed by atoms with van der Waals surface area (Å²) in [6.45, 7) is 13.2. The van der Waals surface area contributed by atoms with Gasteiger partial charge in [0.1, 0.15) is 0 Å². The summed E-state index contributed by atoms with van der Waals surface area (Å²) < 4.78 is 5.43. The van der Waals surface area contributed by atoms with Crippen LogP contribution in [-0.2, 0) is 21.5 Å². The van der Waals surface area contributed by atoms with Crippen molar-refractivity contribution in [1.82, 2.24) is 20.1 Å². The van der Waals surface area contributed by atoms with E-state index in [1.165, 1.54) is 5.01 Å². The molecule has 0 spiro atoms. The average Bonchev–Trinajstić information content (AvgIpc) is 3.12. The molecule has 2 saturated heterocycles. The monoisotopic (exact) mass is 394 g/mol. The summed E-state index contributed by atoms with van der Waals surface area (Å²) in [6, 6.07) is 0. The van der Waals surface area contributed by atoms with Crippen molar-refractivity contribution in [2.24, 2.45) is 5.41 Å². The van der Waals surface area contributed by atoms with E-state index in [1.807, 2.05) is 0 Å². The van der Waals surface area contributed by atoms with E-state index in [4.69, 9.17) is 9.72 Å². The quantitative estimate of drug-likeness (QED) is 0.829. The number of hydrogen-bond acceptors (Lipinski definition) is 6. The second-order valence-electron chi connectivity index (χ2n) is 8.93. The zero-order valence-corrected chi connectivity index (χ0v) is 18.0. The van der Waals surface area contributed by atoms with E-state index in [0.717, 1.165) is 64.3 Å². The highest BCUT2D eigenvalue weighted by Crippen LogP contribution is 2.32. The number of thiazole rings is 1. The standard InChI is InChI=1S/C20H34N4O2S/c1-19(2,3)17-22-16(14-27-17)13-23-9-11-24(12-10-23)18(25)20(15-26-4)5-7-21-8-6-20/h14,21H,5-13,15H2,1-4H3. The number of rotatable bonds is 5. The third-order valence-electron chi connectivity index (χ3n) is 5.67. The summed E-state index contributed by atoms with van der Waals surface area (Å²) in [6.07, 6.45) is 1.74. The zero-order chi connectivity index (χ0) is 19.5. The Kier molecular flexibility index (Phi) is 6.56. The van der Waals surface area contributed by atoms with Gasteiger partial charge in [-0.3, -0.25) is 9.69 Å². The van der Waals surface area contributed by atoms with Crippen molar-refractivity contribution >= 4 is 17.2 Å². The van der Waals surface area contributed by atoms with Gasteiger partial charge in [0.25, 0.3) is 0 Å². The predicted molar refractivity (Wildman–Crippen MR) is 109 cm³/mol. The first-order chi connectivity index (χ1) is 12.8. The summed E-state index contributed by atoms with van der Waals surface area (Å²) in [5.41, 5.74) is 0.927. The fourth-order valence-electron chi connectivity index (χ4n) is 4.00. The smallest absolute Gasteiger partial charge is 0.231 e. The van der Waals surface area contributed by atoms with Crippen LogP contribution in [0.2, 0.25) is 0 Å². The van der Waals surface area contributed by atoms with Crippen LogP contribution in [0.25, 0.3) is 0 Å². The van der Waals surface area contributed by atoms with E-state index in [0.29, 0.717) is 6.61 Å². The van der Waals surface area contributed by atoms with Crippen LogP contribution in [0.5, 0.6) is 0 Å². The van der Waals surface area contributed by atoms with Crippen molar-refractivity contribution in [3.8, 4) is 0 Å². The Morgan fingerprint density at radius 1 is 1.26 bits per heavy atom. The molecule has 0 unspecified atom stereocenters. The number of nitrogens with zero attached hydrogens (tertiary/aromatic N) is 3. The summed E-state index contributed by atoms with van der Waals surface area (Å²) >= 11 is 1.75. The molecule has 0 aliphatic carbocycles. The van der Waals surface area contributed by atoms with E-state index in [1.54, 1.807) is 18.4 Å². The van der Waals surface area contributed by atoms with Crippen LogP contribution in [0.4, 0.5) is 0 Å². The van der Waals surface area contributed by atoms with Gasteiger partial charge in [-0.15, -0.1) is 11.3 Å². The number of piperidine rings is 1. The number of carbonyl (C=O) groups is 1. The number of methoxy groups -OCH3 is 1. The van der Waals surface area contributed by atoms with E-state index in [9.17, 15) is 4.79 Å². The largest absolute Gasteiger partial charge is 0.384 e. The van der Waals surface area contributed by atoms with Gasteiger partial charge in [0.2, 0.25) is 5.91 Å². The number of aromatic nitrogens is 1. The SMILES string of the molecule is COCC1(C(=O)N2CCN(Cc3csc(C(C)(C)C)n3)CC2)CCNCC1. The van der Waals surface area contributed by atoms with Crippen molar-refractivity contribution in [2.45, 2.75) is 45.6 Å². The third kappa shape index (κ3) is 4.88. The lowest BCUT2D eigenvalue weighted by Crippen LogP contribution is -2.56. The van der Waals surface area contributed by atoms with Crippen LogP contribution in [0.15, 0.2) is 5.38 Å². The minimum Gasteiger partial charge on any atom is -0.384 e. The van der Waals surface area contributed by atoms with Crippen LogP contribution in [0.1, 0.15) is 44.3 Å². The molecule has 2 fully saturated rings. The molecule has 0 atom stereocenters. The Hall–Kier alpha value is -1.02. The minimum atomic E-state index is -0.335. The van der Waals surface area contributed by atoms with Crippen LogP contribution >= 0.6 is 11.3 Å². The van der Waals surface area contributed by atoms with E-state index in [2.05, 4.69) is 41.3 Å². The predicted octanol–water partition coefficient (Wildman–Crippen LogP) is 2.10. The summed E-state index contributed by atoms with van der Waals surface area (Å²) in [5.74, 6) is 0.286. The Morgan fingerprint density at radius 3 is 2.48 bits per heavy atom. The zero-order valence-electron chi connectivity index (χ0n) is 17.2. The fourth-order valence-corrected chi connectivity index (χ4v) is 4.90. The van der Waals surface area contributed by atoms with Crippen molar-refractivity contribution in [3.05, 3.63) is 16.1 Å². The molecule has 27 heavy (non-hydrogen) atoms. The molecule has 7 heteroatoms. The Bertz CT molecular complexity index is 621. The first-order valence-corrected chi connectivity index (χ1v) is 10.9. The first kappa shape index (κ1) is 20.7. The number of piperazine rings is 1. The molecule has 0 bridgehead atoms. The third-order valence-corrected chi connectivity index (χ3v) is 6.99. The molecular weight excluding hydrogens is 360 g/mol. The Balaban J connectivity index is 1.55. The lowest BCUT2D eigenvalue weighted by molar-refractivity contribution is -0.149. The summed E-state index contributed by atoms with van der Waals surface area (Å²) in [7, 11) is 1.70. The number of ether oxygens (including phenoxy) is 1. The van der Waals surface area contributed by atoms with E-state index >= 15 is 0 Å². The van der Waals surface area contributed by atoms with Gasteiger partial charge in [-0.1, -0.05) is 20.8 Å². The molecule has 3 rings (SSSR count). The molecule has 3 heterocycles. The van der Waals surface area contributed by atoms with Gasteiger partial charge in [0.15, 0.2) is 0 Å². The average molecular weight is 395 g/mol. The highest BCUT2D eigenvalue weighted by Gasteiger charge is 2.42. The maximum absolute atomic E-state index is 13.2. The highest BCUT2D eigenvalue weighted by molar-refractivity contribution is 7.09. The fraction of sp³-hybridized carbons (Fsp3) is 0.800. The van der Waals surface area contributed by atoms with Crippen molar-refractivity contribution in [2.75, 3.05) is 53.0 Å². The van der Waals surface area contributed by atoms with Crippen molar-refractivity contribution < 1.29 is 9.53 Å². The van der Waals surface area contributed by atoms with Gasteiger partial charge in [-0.25, -0.2) is 4.98 Å². The minimum absolute atomic E-state index is 0.110. The van der Waals surface area contributed by atoms with Gasteiger partial charge in [-0.05, 0) is 25.9 Å². The van der Waals surface area contributed by atoms with E-state index in [-0.39, 0.29) is 16.7 Å². The van der Waals surface area contributed by atoms with Crippen LogP contribution < -0.4 is 5.32 Å². The van der Waals surface area contributed by atoms with Gasteiger partial charge in [-0.2, -0.15) is 0 Å². The molecule has 152 valence electrons. The molecule has 1 N–H and O–H groups in total. The maximum atomic E-state index is 13.2. The molecule has 1 amide bonds. The Labute approximate surface area is 167 Å². The van der Waals surface area contributed by atoms with Gasteiger partial charge in [0, 0.05) is 50.6 Å². The Morgan fingerprint density at radius 2 is 1.93 bits per heavy atom. The number of hydrogen-bond donors (Lipinski definition) is 1. The van der Waals surface area contributed by atoms with Crippen molar-refractivity contribution in [3.63, 3.8) is 0 Å². The molecule has 2 aliphatic heterocycles. The molecule has 0 saturated carbocycles. The molecule has 6 nitrogen and oxygen atoms in total. The molecule has 1 aromatic rings. The summed E-state index contributed by atoms with van der Waals surface area (Å²) in [4.78, 5) is 22.5. The topological polar surface area (TPSA) is 57.7 Å². The molecular formula is C20H34N4O2S. The first-order valence-electron chi connectivity index (χ1n) is 10.0. The summed E-state index contributed by atoms with van der Waals surface area (Å²) in [5, 5.41) is 6.74. The van der Waals surface area contributed by atoms with Crippen molar-refractivity contribution in [1.29, 1.82) is 0 Å². The lowest BCUT2D eigenvalue weighted by Gasteiger charge is -2.42. The van der Waals surface area contributed by atoms with Gasteiger partial charge < -0.3 is 15.0 Å². The second kappa shape index (κ2) is 8.55. The molecule has 0 aromatic carbocycles.